The number of rotatable bonds is 2. The van der Waals surface area contributed by atoms with Crippen molar-refractivity contribution in [2.75, 3.05) is 0 Å². The molecule has 0 aliphatic rings. The molecule has 0 amide bonds. The van der Waals surface area contributed by atoms with E-state index in [1.807, 2.05) is 43.3 Å². The van der Waals surface area contributed by atoms with Gasteiger partial charge >= 0.3 is 0 Å². The van der Waals surface area contributed by atoms with Gasteiger partial charge in [-0.25, -0.2) is 9.67 Å². The molecule has 0 aliphatic carbocycles. The van der Waals surface area contributed by atoms with E-state index in [9.17, 15) is 4.79 Å². The molecule has 4 heteroatoms. The van der Waals surface area contributed by atoms with E-state index < -0.39 is 0 Å². The van der Waals surface area contributed by atoms with Crippen LogP contribution in [-0.2, 0) is 0 Å². The molecule has 0 radical (unpaired) electrons. The van der Waals surface area contributed by atoms with E-state index in [1.54, 1.807) is 18.5 Å². The molecule has 0 saturated heterocycles. The quantitative estimate of drug-likeness (QED) is 0.761. The molecule has 19 heavy (non-hydrogen) atoms. The number of aromatic amines is 1. The Morgan fingerprint density at radius 2 is 1.84 bits per heavy atom. The third kappa shape index (κ3) is 1.97. The number of aryl methyl sites for hydroxylation is 1. The molecule has 0 unspecified atom stereocenters. The summed E-state index contributed by atoms with van der Waals surface area (Å²) in [6.45, 7) is 1.99. The van der Waals surface area contributed by atoms with Crippen LogP contribution in [0.3, 0.4) is 0 Å². The van der Waals surface area contributed by atoms with Gasteiger partial charge in [-0.3, -0.25) is 9.89 Å². The van der Waals surface area contributed by atoms with Gasteiger partial charge in [0.05, 0.1) is 5.56 Å². The summed E-state index contributed by atoms with van der Waals surface area (Å²) in [6, 6.07) is 13.3. The van der Waals surface area contributed by atoms with E-state index in [4.69, 9.17) is 0 Å². The molecule has 94 valence electrons. The Kier molecular flexibility index (Phi) is 2.76. The standard InChI is InChI=1S/C15H13N3O/c1-11-6-2-3-7-12(11)13-10-17-18(15(13)19)14-8-4-5-9-16-14/h2-10,17H,1H3. The molecular weight excluding hydrogens is 238 g/mol. The second kappa shape index (κ2) is 4.57. The lowest BCUT2D eigenvalue weighted by atomic mass is 10.0. The minimum absolute atomic E-state index is 0.0898. The van der Waals surface area contributed by atoms with Crippen LogP contribution in [0, 0.1) is 6.92 Å². The van der Waals surface area contributed by atoms with Gasteiger partial charge in [-0.2, -0.15) is 0 Å². The second-order valence-electron chi connectivity index (χ2n) is 4.33. The number of aromatic nitrogens is 3. The van der Waals surface area contributed by atoms with Crippen molar-refractivity contribution in [3.63, 3.8) is 0 Å². The fourth-order valence-electron chi connectivity index (χ4n) is 2.09. The highest BCUT2D eigenvalue weighted by molar-refractivity contribution is 5.65. The number of nitrogens with one attached hydrogen (secondary N) is 1. The fraction of sp³-hybridized carbons (Fsp3) is 0.0667. The molecule has 1 N–H and O–H groups in total. The van der Waals surface area contributed by atoms with Crippen molar-refractivity contribution in [1.29, 1.82) is 0 Å². The number of hydrogen-bond acceptors (Lipinski definition) is 2. The smallest absolute Gasteiger partial charge is 0.280 e. The van der Waals surface area contributed by atoms with Crippen molar-refractivity contribution < 1.29 is 0 Å². The van der Waals surface area contributed by atoms with Crippen LogP contribution >= 0.6 is 0 Å². The van der Waals surface area contributed by atoms with E-state index in [2.05, 4.69) is 10.1 Å². The van der Waals surface area contributed by atoms with Gasteiger partial charge in [-0.15, -0.1) is 0 Å². The fourth-order valence-corrected chi connectivity index (χ4v) is 2.09. The first kappa shape index (κ1) is 11.5. The van der Waals surface area contributed by atoms with Crippen molar-refractivity contribution >= 4 is 0 Å². The first-order chi connectivity index (χ1) is 9.27. The van der Waals surface area contributed by atoms with Crippen molar-refractivity contribution in [2.45, 2.75) is 6.92 Å². The van der Waals surface area contributed by atoms with Crippen LogP contribution in [0.4, 0.5) is 0 Å². The Hall–Kier alpha value is -2.62. The summed E-state index contributed by atoms with van der Waals surface area (Å²) in [6.07, 6.45) is 3.38. The third-order valence-corrected chi connectivity index (χ3v) is 3.09. The van der Waals surface area contributed by atoms with Gasteiger partial charge in [0, 0.05) is 12.4 Å². The van der Waals surface area contributed by atoms with E-state index >= 15 is 0 Å². The molecule has 4 nitrogen and oxygen atoms in total. The normalized spacial score (nSPS) is 10.6. The summed E-state index contributed by atoms with van der Waals surface area (Å²) in [7, 11) is 0. The lowest BCUT2D eigenvalue weighted by Gasteiger charge is -2.01. The van der Waals surface area contributed by atoms with Gasteiger partial charge in [0.2, 0.25) is 0 Å². The van der Waals surface area contributed by atoms with Gasteiger partial charge in [-0.05, 0) is 30.2 Å². The summed E-state index contributed by atoms with van der Waals surface area (Å²) in [5.41, 5.74) is 2.59. The Morgan fingerprint density at radius 3 is 2.58 bits per heavy atom. The molecular formula is C15H13N3O. The van der Waals surface area contributed by atoms with Crippen LogP contribution in [-0.4, -0.2) is 14.8 Å². The molecule has 3 aromatic rings. The molecule has 2 heterocycles. The Balaban J connectivity index is 2.15. The second-order valence-corrected chi connectivity index (χ2v) is 4.33. The molecule has 3 rings (SSSR count). The van der Waals surface area contributed by atoms with Crippen molar-refractivity contribution in [3.05, 3.63) is 70.8 Å². The first-order valence-corrected chi connectivity index (χ1v) is 6.05. The van der Waals surface area contributed by atoms with Crippen LogP contribution in [0.15, 0.2) is 59.7 Å². The van der Waals surface area contributed by atoms with Gasteiger partial charge < -0.3 is 0 Å². The van der Waals surface area contributed by atoms with Gasteiger partial charge in [-0.1, -0.05) is 30.3 Å². The Morgan fingerprint density at radius 1 is 1.05 bits per heavy atom. The predicted octanol–water partition coefficient (Wildman–Crippen LogP) is 2.54. The minimum Gasteiger partial charge on any atom is -0.296 e. The SMILES string of the molecule is Cc1ccccc1-c1c[nH]n(-c2ccccn2)c1=O. The largest absolute Gasteiger partial charge is 0.296 e. The average molecular weight is 251 g/mol. The molecule has 2 aromatic heterocycles. The lowest BCUT2D eigenvalue weighted by molar-refractivity contribution is 0.819. The van der Waals surface area contributed by atoms with Gasteiger partial charge in [0.1, 0.15) is 0 Å². The average Bonchev–Trinajstić information content (AvgIpc) is 2.82. The highest BCUT2D eigenvalue weighted by Gasteiger charge is 2.11. The Bertz CT molecular complexity index is 756. The van der Waals surface area contributed by atoms with Crippen molar-refractivity contribution in [1.82, 2.24) is 14.8 Å². The third-order valence-electron chi connectivity index (χ3n) is 3.09. The molecule has 0 fully saturated rings. The maximum Gasteiger partial charge on any atom is 0.280 e. The molecule has 0 bridgehead atoms. The van der Waals surface area contributed by atoms with E-state index in [-0.39, 0.29) is 5.56 Å². The minimum atomic E-state index is -0.0898. The summed E-state index contributed by atoms with van der Waals surface area (Å²) in [5.74, 6) is 0.590. The van der Waals surface area contributed by atoms with Crippen LogP contribution < -0.4 is 5.56 Å². The first-order valence-electron chi connectivity index (χ1n) is 6.05. The van der Waals surface area contributed by atoms with Crippen LogP contribution in [0.1, 0.15) is 5.56 Å². The number of hydrogen-bond donors (Lipinski definition) is 1. The summed E-state index contributed by atoms with van der Waals surface area (Å²) >= 11 is 0. The molecule has 0 spiro atoms. The van der Waals surface area contributed by atoms with Gasteiger partial charge in [0.15, 0.2) is 5.82 Å². The topological polar surface area (TPSA) is 50.7 Å². The van der Waals surface area contributed by atoms with Crippen molar-refractivity contribution in [3.8, 4) is 16.9 Å². The van der Waals surface area contributed by atoms with E-state index in [0.29, 0.717) is 11.4 Å². The van der Waals surface area contributed by atoms with Crippen LogP contribution in [0.25, 0.3) is 16.9 Å². The highest BCUT2D eigenvalue weighted by atomic mass is 16.1. The number of nitrogens with zero attached hydrogens (tertiary/aromatic N) is 2. The highest BCUT2D eigenvalue weighted by Crippen LogP contribution is 2.19. The Labute approximate surface area is 110 Å². The molecule has 0 atom stereocenters. The maximum absolute atomic E-state index is 12.4. The summed E-state index contributed by atoms with van der Waals surface area (Å²) in [5, 5.41) is 2.96. The molecule has 0 saturated carbocycles. The summed E-state index contributed by atoms with van der Waals surface area (Å²) < 4.78 is 1.45. The summed E-state index contributed by atoms with van der Waals surface area (Å²) in [4.78, 5) is 16.6. The molecule has 0 aliphatic heterocycles. The maximum atomic E-state index is 12.4. The number of benzene rings is 1. The van der Waals surface area contributed by atoms with Gasteiger partial charge in [0.25, 0.3) is 5.56 Å². The molecule has 1 aromatic carbocycles. The zero-order valence-electron chi connectivity index (χ0n) is 10.5. The zero-order valence-corrected chi connectivity index (χ0v) is 10.5. The van der Waals surface area contributed by atoms with Crippen molar-refractivity contribution in [2.24, 2.45) is 0 Å². The van der Waals surface area contributed by atoms with E-state index in [1.165, 1.54) is 4.68 Å². The van der Waals surface area contributed by atoms with Crippen LogP contribution in [0.5, 0.6) is 0 Å². The van der Waals surface area contributed by atoms with Crippen LogP contribution in [0.2, 0.25) is 0 Å². The van der Waals surface area contributed by atoms with E-state index in [0.717, 1.165) is 11.1 Å². The lowest BCUT2D eigenvalue weighted by Crippen LogP contribution is -2.16. The zero-order chi connectivity index (χ0) is 13.2. The number of H-pyrrole nitrogens is 1. The predicted molar refractivity (Wildman–Crippen MR) is 74.4 cm³/mol. The monoisotopic (exact) mass is 251 g/mol. The number of pyridine rings is 1.